The van der Waals surface area contributed by atoms with E-state index in [-0.39, 0.29) is 24.3 Å². The lowest BCUT2D eigenvalue weighted by Gasteiger charge is -2.28. The van der Waals surface area contributed by atoms with Gasteiger partial charge in [-0.3, -0.25) is 4.79 Å². The number of hydrogen-bond donors (Lipinski definition) is 2. The second-order valence-corrected chi connectivity index (χ2v) is 7.41. The molecular formula is C21H29NO5. The van der Waals surface area contributed by atoms with Crippen LogP contribution < -0.4 is 5.32 Å². The van der Waals surface area contributed by atoms with Crippen LogP contribution in [-0.2, 0) is 25.5 Å². The van der Waals surface area contributed by atoms with Gasteiger partial charge in [-0.15, -0.1) is 0 Å². The first-order chi connectivity index (χ1) is 13.1. The maximum Gasteiger partial charge on any atom is 0.326 e. The summed E-state index contributed by atoms with van der Waals surface area (Å²) in [4.78, 5) is 23.9. The molecule has 27 heavy (non-hydrogen) atoms. The van der Waals surface area contributed by atoms with Crippen LogP contribution in [0.25, 0.3) is 0 Å². The summed E-state index contributed by atoms with van der Waals surface area (Å²) in [5.74, 6) is -1.06. The third-order valence-electron chi connectivity index (χ3n) is 5.50. The van der Waals surface area contributed by atoms with Gasteiger partial charge in [-0.1, -0.05) is 24.3 Å². The van der Waals surface area contributed by atoms with Crippen molar-refractivity contribution in [2.75, 3.05) is 19.8 Å². The number of carbonyl (C=O) groups is 2. The Morgan fingerprint density at radius 2 is 2.00 bits per heavy atom. The highest BCUT2D eigenvalue weighted by atomic mass is 16.5. The van der Waals surface area contributed by atoms with Crippen LogP contribution in [0.15, 0.2) is 24.3 Å². The maximum atomic E-state index is 12.2. The first-order valence-electron chi connectivity index (χ1n) is 9.93. The van der Waals surface area contributed by atoms with Crippen LogP contribution in [-0.4, -0.2) is 48.9 Å². The number of carboxylic acid groups (broad SMARTS) is 1. The molecule has 0 bridgehead atoms. The van der Waals surface area contributed by atoms with Crippen molar-refractivity contribution in [1.82, 2.24) is 5.32 Å². The number of rotatable bonds is 8. The molecule has 1 heterocycles. The van der Waals surface area contributed by atoms with Crippen LogP contribution >= 0.6 is 0 Å². The predicted molar refractivity (Wildman–Crippen MR) is 101 cm³/mol. The van der Waals surface area contributed by atoms with Crippen molar-refractivity contribution in [3.63, 3.8) is 0 Å². The molecule has 0 saturated carbocycles. The first-order valence-corrected chi connectivity index (χ1v) is 9.93. The predicted octanol–water partition coefficient (Wildman–Crippen LogP) is 2.65. The van der Waals surface area contributed by atoms with Crippen molar-refractivity contribution in [2.24, 2.45) is 0 Å². The molecule has 6 nitrogen and oxygen atoms in total. The van der Waals surface area contributed by atoms with E-state index in [1.807, 2.05) is 12.1 Å². The van der Waals surface area contributed by atoms with E-state index in [0.29, 0.717) is 26.2 Å². The lowest BCUT2D eigenvalue weighted by atomic mass is 9.79. The second-order valence-electron chi connectivity index (χ2n) is 7.41. The third-order valence-corrected chi connectivity index (χ3v) is 5.50. The molecule has 3 rings (SSSR count). The van der Waals surface area contributed by atoms with Gasteiger partial charge < -0.3 is 19.9 Å². The van der Waals surface area contributed by atoms with E-state index >= 15 is 0 Å². The fourth-order valence-electron chi connectivity index (χ4n) is 4.03. The SMILES string of the molecule is O=C(CCOC1CCOCC1)NC(CC1CCCc2ccccc21)C(=O)O. The molecule has 1 amide bonds. The zero-order valence-electron chi connectivity index (χ0n) is 15.7. The van der Waals surface area contributed by atoms with Gasteiger partial charge in [-0.2, -0.15) is 0 Å². The number of fused-ring (bicyclic) bond motifs is 1. The van der Waals surface area contributed by atoms with Gasteiger partial charge in [-0.05, 0) is 55.6 Å². The quantitative estimate of drug-likeness (QED) is 0.730. The summed E-state index contributed by atoms with van der Waals surface area (Å²) in [5, 5.41) is 12.3. The van der Waals surface area contributed by atoms with E-state index in [1.54, 1.807) is 0 Å². The first kappa shape index (κ1) is 19.8. The third kappa shape index (κ3) is 5.78. The number of carbonyl (C=O) groups excluding carboxylic acids is 1. The summed E-state index contributed by atoms with van der Waals surface area (Å²) in [6, 6.07) is 7.36. The summed E-state index contributed by atoms with van der Waals surface area (Å²) in [6.07, 6.45) is 5.51. The summed E-state index contributed by atoms with van der Waals surface area (Å²) in [6.45, 7) is 1.71. The highest BCUT2D eigenvalue weighted by molar-refractivity contribution is 5.83. The Hall–Kier alpha value is -1.92. The lowest BCUT2D eigenvalue weighted by molar-refractivity contribution is -0.142. The Kier molecular flexibility index (Phi) is 7.24. The summed E-state index contributed by atoms with van der Waals surface area (Å²) in [7, 11) is 0. The van der Waals surface area contributed by atoms with Crippen LogP contribution in [0.2, 0.25) is 0 Å². The van der Waals surface area contributed by atoms with E-state index in [4.69, 9.17) is 9.47 Å². The number of aryl methyl sites for hydroxylation is 1. The summed E-state index contributed by atoms with van der Waals surface area (Å²) in [5.41, 5.74) is 2.53. The smallest absolute Gasteiger partial charge is 0.326 e. The normalized spacial score (nSPS) is 21.3. The monoisotopic (exact) mass is 375 g/mol. The molecule has 6 heteroatoms. The Balaban J connectivity index is 1.49. The molecule has 0 radical (unpaired) electrons. The van der Waals surface area contributed by atoms with Gasteiger partial charge in [0.05, 0.1) is 12.7 Å². The Labute approximate surface area is 160 Å². The molecule has 2 aliphatic rings. The fraction of sp³-hybridized carbons (Fsp3) is 0.619. The molecule has 1 aliphatic carbocycles. The Morgan fingerprint density at radius 3 is 2.78 bits per heavy atom. The average Bonchev–Trinajstić information content (AvgIpc) is 2.68. The average molecular weight is 375 g/mol. The van der Waals surface area contributed by atoms with Crippen LogP contribution in [0, 0.1) is 0 Å². The summed E-state index contributed by atoms with van der Waals surface area (Å²) >= 11 is 0. The van der Waals surface area contributed by atoms with Gasteiger partial charge >= 0.3 is 5.97 Å². The Morgan fingerprint density at radius 1 is 1.22 bits per heavy atom. The lowest BCUT2D eigenvalue weighted by Crippen LogP contribution is -2.42. The van der Waals surface area contributed by atoms with Crippen molar-refractivity contribution in [2.45, 2.75) is 63.0 Å². The highest BCUT2D eigenvalue weighted by Gasteiger charge is 2.28. The van der Waals surface area contributed by atoms with Gasteiger partial charge in [0.15, 0.2) is 0 Å². The van der Waals surface area contributed by atoms with Gasteiger partial charge in [-0.25, -0.2) is 4.79 Å². The highest BCUT2D eigenvalue weighted by Crippen LogP contribution is 2.34. The number of hydrogen-bond acceptors (Lipinski definition) is 4. The standard InChI is InChI=1S/C21H29NO5/c23-20(10-13-27-17-8-11-26-12-9-17)22-19(21(24)25)14-16-6-3-5-15-4-1-2-7-18(15)16/h1-2,4,7,16-17,19H,3,5-6,8-14H2,(H,22,23)(H,24,25). The molecule has 2 unspecified atom stereocenters. The minimum Gasteiger partial charge on any atom is -0.480 e. The van der Waals surface area contributed by atoms with Crippen LogP contribution in [0.5, 0.6) is 0 Å². The number of aliphatic carboxylic acids is 1. The molecule has 1 aliphatic heterocycles. The molecule has 2 N–H and O–H groups in total. The van der Waals surface area contributed by atoms with Gasteiger partial charge in [0.25, 0.3) is 0 Å². The molecule has 2 atom stereocenters. The largest absolute Gasteiger partial charge is 0.480 e. The minimum absolute atomic E-state index is 0.139. The zero-order valence-corrected chi connectivity index (χ0v) is 15.7. The van der Waals surface area contributed by atoms with Crippen LogP contribution in [0.4, 0.5) is 0 Å². The number of carboxylic acids is 1. The summed E-state index contributed by atoms with van der Waals surface area (Å²) < 4.78 is 11.0. The van der Waals surface area contributed by atoms with E-state index in [2.05, 4.69) is 17.4 Å². The van der Waals surface area contributed by atoms with Crippen LogP contribution in [0.1, 0.15) is 55.6 Å². The van der Waals surface area contributed by atoms with E-state index < -0.39 is 12.0 Å². The van der Waals surface area contributed by atoms with E-state index in [1.165, 1.54) is 11.1 Å². The molecule has 1 aromatic carbocycles. The zero-order chi connectivity index (χ0) is 19.1. The van der Waals surface area contributed by atoms with Crippen molar-refractivity contribution in [1.29, 1.82) is 0 Å². The fourth-order valence-corrected chi connectivity index (χ4v) is 4.03. The molecule has 148 valence electrons. The topological polar surface area (TPSA) is 84.9 Å². The number of nitrogens with one attached hydrogen (secondary N) is 1. The molecule has 0 spiro atoms. The molecular weight excluding hydrogens is 346 g/mol. The molecule has 1 saturated heterocycles. The van der Waals surface area contributed by atoms with Gasteiger partial charge in [0.1, 0.15) is 6.04 Å². The molecule has 1 aromatic rings. The van der Waals surface area contributed by atoms with Crippen molar-refractivity contribution in [3.8, 4) is 0 Å². The number of benzene rings is 1. The number of ether oxygens (including phenoxy) is 2. The van der Waals surface area contributed by atoms with Gasteiger partial charge in [0, 0.05) is 19.6 Å². The van der Waals surface area contributed by atoms with Crippen molar-refractivity contribution < 1.29 is 24.2 Å². The van der Waals surface area contributed by atoms with Crippen molar-refractivity contribution in [3.05, 3.63) is 35.4 Å². The molecule has 0 aromatic heterocycles. The van der Waals surface area contributed by atoms with E-state index in [9.17, 15) is 14.7 Å². The maximum absolute atomic E-state index is 12.2. The number of amides is 1. The van der Waals surface area contributed by atoms with Crippen LogP contribution in [0.3, 0.4) is 0 Å². The second kappa shape index (κ2) is 9.85. The Bertz CT molecular complexity index is 641. The molecule has 1 fully saturated rings. The minimum atomic E-state index is -0.975. The van der Waals surface area contributed by atoms with E-state index in [0.717, 1.165) is 32.1 Å². The van der Waals surface area contributed by atoms with Crippen molar-refractivity contribution >= 4 is 11.9 Å². The van der Waals surface area contributed by atoms with Gasteiger partial charge in [0.2, 0.25) is 5.91 Å².